The van der Waals surface area contributed by atoms with Gasteiger partial charge in [0.15, 0.2) is 6.73 Å². The molecule has 3 heterocycles. The molecule has 0 spiro atoms. The average molecular weight is 413 g/mol. The lowest BCUT2D eigenvalue weighted by Gasteiger charge is -2.34. The Balaban J connectivity index is 1.41. The smallest absolute Gasteiger partial charge is 0.321 e. The van der Waals surface area contributed by atoms with Gasteiger partial charge in [-0.3, -0.25) is 33.8 Å². The number of benzene rings is 1. The van der Waals surface area contributed by atoms with Crippen molar-refractivity contribution < 1.29 is 28.7 Å². The second-order valence-corrected chi connectivity index (χ2v) is 7.72. The zero-order valence-corrected chi connectivity index (χ0v) is 16.5. The Morgan fingerprint density at radius 3 is 2.23 bits per heavy atom. The fourth-order valence-electron chi connectivity index (χ4n) is 4.17. The molecule has 3 aliphatic rings. The average Bonchev–Trinajstić information content (AvgIpc) is 3.00. The van der Waals surface area contributed by atoms with Gasteiger partial charge in [-0.15, -0.1) is 0 Å². The maximum atomic E-state index is 12.9. The fourth-order valence-corrected chi connectivity index (χ4v) is 4.17. The second-order valence-electron chi connectivity index (χ2n) is 7.72. The van der Waals surface area contributed by atoms with Crippen LogP contribution >= 0.6 is 0 Å². The standard InChI is InChI=1S/C21H23N3O6/c25-17-9-8-16(24-19(27)14-6-2-3-7-15(14)20(24)28)21(29)23(17)13-30-18(26)12-22-10-4-1-5-11-22/h2-3,6-7,16H,1,4-5,8-13H2. The molecule has 0 aromatic heterocycles. The normalized spacial score (nSPS) is 22.5. The van der Waals surface area contributed by atoms with Gasteiger partial charge in [0.2, 0.25) is 5.91 Å². The van der Waals surface area contributed by atoms with Crippen LogP contribution in [0.15, 0.2) is 24.3 Å². The van der Waals surface area contributed by atoms with E-state index in [4.69, 9.17) is 4.74 Å². The lowest BCUT2D eigenvalue weighted by molar-refractivity contribution is -0.164. The molecule has 1 unspecified atom stereocenters. The summed E-state index contributed by atoms with van der Waals surface area (Å²) >= 11 is 0. The predicted molar refractivity (Wildman–Crippen MR) is 103 cm³/mol. The van der Waals surface area contributed by atoms with Gasteiger partial charge >= 0.3 is 5.97 Å². The first-order valence-corrected chi connectivity index (χ1v) is 10.2. The molecule has 0 radical (unpaired) electrons. The summed E-state index contributed by atoms with van der Waals surface area (Å²) in [4.78, 5) is 66.4. The second kappa shape index (κ2) is 8.35. The molecule has 158 valence electrons. The number of ether oxygens (including phenoxy) is 1. The van der Waals surface area contributed by atoms with E-state index in [1.54, 1.807) is 12.1 Å². The van der Waals surface area contributed by atoms with Crippen molar-refractivity contribution in [2.45, 2.75) is 38.1 Å². The highest BCUT2D eigenvalue weighted by Crippen LogP contribution is 2.29. The first-order chi connectivity index (χ1) is 14.5. The minimum absolute atomic E-state index is 0.0203. The van der Waals surface area contributed by atoms with Crippen LogP contribution in [-0.2, 0) is 19.1 Å². The number of nitrogens with zero attached hydrogens (tertiary/aromatic N) is 3. The number of hydrogen-bond donors (Lipinski definition) is 0. The van der Waals surface area contributed by atoms with Gasteiger partial charge in [0.1, 0.15) is 6.04 Å². The molecule has 4 rings (SSSR count). The van der Waals surface area contributed by atoms with Crippen molar-refractivity contribution >= 4 is 29.6 Å². The number of esters is 1. The number of piperidine rings is 2. The Hall–Kier alpha value is -3.07. The van der Waals surface area contributed by atoms with Gasteiger partial charge < -0.3 is 4.74 Å². The number of fused-ring (bicyclic) bond motifs is 1. The van der Waals surface area contributed by atoms with E-state index in [-0.39, 0.29) is 30.5 Å². The highest BCUT2D eigenvalue weighted by atomic mass is 16.5. The van der Waals surface area contributed by atoms with E-state index < -0.39 is 42.4 Å². The van der Waals surface area contributed by atoms with Crippen molar-refractivity contribution in [3.63, 3.8) is 0 Å². The largest absolute Gasteiger partial charge is 0.443 e. The molecule has 2 saturated heterocycles. The Bertz CT molecular complexity index is 873. The molecule has 9 nitrogen and oxygen atoms in total. The molecule has 1 aromatic carbocycles. The topological polar surface area (TPSA) is 104 Å². The lowest BCUT2D eigenvalue weighted by Crippen LogP contribution is -2.56. The predicted octanol–water partition coefficient (Wildman–Crippen LogP) is 0.787. The monoisotopic (exact) mass is 413 g/mol. The lowest BCUT2D eigenvalue weighted by atomic mass is 10.0. The van der Waals surface area contributed by atoms with Crippen molar-refractivity contribution in [3.8, 4) is 0 Å². The van der Waals surface area contributed by atoms with E-state index >= 15 is 0 Å². The summed E-state index contributed by atoms with van der Waals surface area (Å²) in [6.45, 7) is 1.24. The molecule has 0 aliphatic carbocycles. The third-order valence-corrected chi connectivity index (χ3v) is 5.78. The molecule has 3 aliphatic heterocycles. The van der Waals surface area contributed by atoms with Crippen LogP contribution in [-0.4, -0.2) is 76.7 Å². The van der Waals surface area contributed by atoms with Gasteiger partial charge in [-0.25, -0.2) is 4.90 Å². The zero-order valence-electron chi connectivity index (χ0n) is 16.5. The summed E-state index contributed by atoms with van der Waals surface area (Å²) in [5.41, 5.74) is 0.485. The maximum Gasteiger partial charge on any atom is 0.321 e. The molecule has 30 heavy (non-hydrogen) atoms. The Labute approximate surface area is 173 Å². The van der Waals surface area contributed by atoms with Crippen molar-refractivity contribution in [2.24, 2.45) is 0 Å². The number of likely N-dealkylation sites (tertiary alicyclic amines) is 2. The van der Waals surface area contributed by atoms with E-state index in [0.717, 1.165) is 42.2 Å². The van der Waals surface area contributed by atoms with E-state index in [9.17, 15) is 24.0 Å². The van der Waals surface area contributed by atoms with E-state index in [2.05, 4.69) is 0 Å². The van der Waals surface area contributed by atoms with Crippen LogP contribution in [0.3, 0.4) is 0 Å². The third kappa shape index (κ3) is 3.72. The van der Waals surface area contributed by atoms with Gasteiger partial charge in [0.25, 0.3) is 17.7 Å². The highest BCUT2D eigenvalue weighted by Gasteiger charge is 2.47. The summed E-state index contributed by atoms with van der Waals surface area (Å²) < 4.78 is 5.17. The molecule has 0 N–H and O–H groups in total. The Morgan fingerprint density at radius 2 is 1.60 bits per heavy atom. The molecule has 0 saturated carbocycles. The summed E-state index contributed by atoms with van der Waals surface area (Å²) in [6.07, 6.45) is 3.23. The van der Waals surface area contributed by atoms with Gasteiger partial charge in [0.05, 0.1) is 17.7 Å². The third-order valence-electron chi connectivity index (χ3n) is 5.78. The van der Waals surface area contributed by atoms with Gasteiger partial charge in [-0.05, 0) is 44.5 Å². The van der Waals surface area contributed by atoms with E-state index in [0.29, 0.717) is 0 Å². The SMILES string of the molecule is O=C(CN1CCCCC1)OCN1C(=O)CCC(N2C(=O)c3ccccc3C2=O)C1=O. The summed E-state index contributed by atoms with van der Waals surface area (Å²) in [5.74, 6) is -2.80. The van der Waals surface area contributed by atoms with Crippen LogP contribution in [0.25, 0.3) is 0 Å². The van der Waals surface area contributed by atoms with E-state index in [1.165, 1.54) is 12.1 Å². The number of carbonyl (C=O) groups is 5. The molecule has 9 heteroatoms. The van der Waals surface area contributed by atoms with Crippen LogP contribution in [0.4, 0.5) is 0 Å². The minimum atomic E-state index is -1.09. The summed E-state index contributed by atoms with van der Waals surface area (Å²) in [5, 5.41) is 0. The van der Waals surface area contributed by atoms with Crippen LogP contribution in [0, 0.1) is 0 Å². The summed E-state index contributed by atoms with van der Waals surface area (Å²) in [7, 11) is 0. The molecule has 2 fully saturated rings. The van der Waals surface area contributed by atoms with Crippen molar-refractivity contribution in [2.75, 3.05) is 26.4 Å². The Kier molecular flexibility index (Phi) is 5.63. The van der Waals surface area contributed by atoms with Crippen LogP contribution < -0.4 is 0 Å². The zero-order chi connectivity index (χ0) is 21.3. The number of amides is 4. The number of imide groups is 2. The minimum Gasteiger partial charge on any atom is -0.443 e. The molecule has 4 amide bonds. The van der Waals surface area contributed by atoms with Crippen LogP contribution in [0.1, 0.15) is 52.8 Å². The van der Waals surface area contributed by atoms with Crippen molar-refractivity contribution in [1.82, 2.24) is 14.7 Å². The summed E-state index contributed by atoms with van der Waals surface area (Å²) in [6, 6.07) is 5.28. The van der Waals surface area contributed by atoms with Crippen LogP contribution in [0.5, 0.6) is 0 Å². The van der Waals surface area contributed by atoms with Gasteiger partial charge in [-0.2, -0.15) is 0 Å². The molecule has 0 bridgehead atoms. The highest BCUT2D eigenvalue weighted by molar-refractivity contribution is 6.23. The maximum absolute atomic E-state index is 12.9. The van der Waals surface area contributed by atoms with Gasteiger partial charge in [-0.1, -0.05) is 18.6 Å². The molecule has 1 aromatic rings. The van der Waals surface area contributed by atoms with Crippen molar-refractivity contribution in [3.05, 3.63) is 35.4 Å². The Morgan fingerprint density at radius 1 is 0.967 bits per heavy atom. The first-order valence-electron chi connectivity index (χ1n) is 10.2. The van der Waals surface area contributed by atoms with Crippen LogP contribution in [0.2, 0.25) is 0 Å². The molecule has 1 atom stereocenters. The van der Waals surface area contributed by atoms with Gasteiger partial charge in [0, 0.05) is 6.42 Å². The van der Waals surface area contributed by atoms with Crippen molar-refractivity contribution in [1.29, 1.82) is 0 Å². The number of carbonyl (C=O) groups excluding carboxylic acids is 5. The number of hydrogen-bond acceptors (Lipinski definition) is 7. The fraction of sp³-hybridized carbons (Fsp3) is 0.476. The van der Waals surface area contributed by atoms with E-state index in [1.807, 2.05) is 4.90 Å². The number of rotatable bonds is 5. The quantitative estimate of drug-likeness (QED) is 0.519. The molecular weight excluding hydrogens is 390 g/mol. The molecular formula is C21H23N3O6. The first kappa shape index (κ1) is 20.2.